The Hall–Kier alpha value is -1.46. The lowest BCUT2D eigenvalue weighted by atomic mass is 10.2. The van der Waals surface area contributed by atoms with Crippen molar-refractivity contribution in [3.8, 4) is 5.75 Å². The fourth-order valence-electron chi connectivity index (χ4n) is 2.00. The van der Waals surface area contributed by atoms with Crippen molar-refractivity contribution in [3.63, 3.8) is 0 Å². The normalized spacial score (nSPS) is 10.8. The number of thiazole rings is 1. The van der Waals surface area contributed by atoms with Gasteiger partial charge in [-0.15, -0.1) is 11.3 Å². The van der Waals surface area contributed by atoms with Gasteiger partial charge in [-0.2, -0.15) is 0 Å². The van der Waals surface area contributed by atoms with Gasteiger partial charge in [0.2, 0.25) is 0 Å². The summed E-state index contributed by atoms with van der Waals surface area (Å²) in [5.41, 5.74) is 3.02. The zero-order valence-corrected chi connectivity index (χ0v) is 13.8. The van der Waals surface area contributed by atoms with Crippen molar-refractivity contribution in [1.82, 2.24) is 15.3 Å². The van der Waals surface area contributed by atoms with Crippen molar-refractivity contribution in [2.24, 2.45) is 0 Å². The maximum absolute atomic E-state index is 5.87. The molecule has 1 N–H and O–H groups in total. The van der Waals surface area contributed by atoms with Crippen molar-refractivity contribution in [1.29, 1.82) is 0 Å². The van der Waals surface area contributed by atoms with Crippen LogP contribution in [0.3, 0.4) is 0 Å². The first kappa shape index (κ1) is 15.9. The molecule has 0 aliphatic heterocycles. The van der Waals surface area contributed by atoms with Crippen LogP contribution in [-0.2, 0) is 19.6 Å². The highest BCUT2D eigenvalue weighted by atomic mass is 32.1. The summed E-state index contributed by atoms with van der Waals surface area (Å²) in [5, 5.41) is 6.54. The molecule has 0 bridgehead atoms. The zero-order valence-electron chi connectivity index (χ0n) is 13.0. The summed E-state index contributed by atoms with van der Waals surface area (Å²) in [4.78, 5) is 9.09. The Kier molecular flexibility index (Phi) is 6.14. The fraction of sp³-hybridized carbons (Fsp3) is 0.500. The van der Waals surface area contributed by atoms with Crippen molar-refractivity contribution in [2.75, 3.05) is 6.54 Å². The maximum atomic E-state index is 5.87. The summed E-state index contributed by atoms with van der Waals surface area (Å²) >= 11 is 1.68. The van der Waals surface area contributed by atoms with Gasteiger partial charge in [-0.1, -0.05) is 13.8 Å². The van der Waals surface area contributed by atoms with Crippen LogP contribution >= 0.6 is 11.3 Å². The van der Waals surface area contributed by atoms with E-state index in [2.05, 4.69) is 34.5 Å². The van der Waals surface area contributed by atoms with Crippen LogP contribution < -0.4 is 10.1 Å². The molecule has 2 heterocycles. The van der Waals surface area contributed by atoms with Crippen molar-refractivity contribution < 1.29 is 4.74 Å². The first-order valence-corrected chi connectivity index (χ1v) is 8.34. The average Bonchev–Trinajstić information content (AvgIpc) is 2.94. The summed E-state index contributed by atoms with van der Waals surface area (Å²) < 4.78 is 5.87. The molecule has 0 unspecified atom stereocenters. The molecule has 2 rings (SSSR count). The number of nitrogens with one attached hydrogen (secondary N) is 1. The minimum Gasteiger partial charge on any atom is -0.485 e. The number of pyridine rings is 1. The van der Waals surface area contributed by atoms with Crippen LogP contribution in [0.2, 0.25) is 0 Å². The van der Waals surface area contributed by atoms with Crippen molar-refractivity contribution in [3.05, 3.63) is 39.6 Å². The van der Waals surface area contributed by atoms with E-state index in [0.29, 0.717) is 6.61 Å². The number of aromatic nitrogens is 2. The lowest BCUT2D eigenvalue weighted by Crippen LogP contribution is -2.13. The van der Waals surface area contributed by atoms with Crippen molar-refractivity contribution >= 4 is 11.3 Å². The first-order valence-electron chi connectivity index (χ1n) is 7.46. The number of aryl methyl sites for hydroxylation is 2. The molecular formula is C16H23N3OS. The molecule has 0 fully saturated rings. The van der Waals surface area contributed by atoms with E-state index in [0.717, 1.165) is 53.8 Å². The summed E-state index contributed by atoms with van der Waals surface area (Å²) in [7, 11) is 0. The van der Waals surface area contributed by atoms with Gasteiger partial charge in [-0.3, -0.25) is 4.98 Å². The molecule has 2 aromatic rings. The molecule has 0 saturated carbocycles. The minimum atomic E-state index is 0.502. The Bertz CT molecular complexity index is 568. The number of ether oxygens (including phenoxy) is 1. The molecule has 0 aliphatic carbocycles. The number of hydrogen-bond acceptors (Lipinski definition) is 5. The van der Waals surface area contributed by atoms with Crippen molar-refractivity contribution in [2.45, 2.75) is 46.8 Å². The second kappa shape index (κ2) is 8.10. The molecule has 0 radical (unpaired) electrons. The van der Waals surface area contributed by atoms with Gasteiger partial charge in [-0.25, -0.2) is 4.98 Å². The van der Waals surface area contributed by atoms with Crippen LogP contribution in [0.15, 0.2) is 17.5 Å². The van der Waals surface area contributed by atoms with Crippen LogP contribution in [0.1, 0.15) is 42.4 Å². The summed E-state index contributed by atoms with van der Waals surface area (Å²) in [6.45, 7) is 8.62. The van der Waals surface area contributed by atoms with Crippen LogP contribution in [0.25, 0.3) is 0 Å². The molecule has 2 aromatic heterocycles. The molecule has 5 heteroatoms. The molecule has 0 spiro atoms. The van der Waals surface area contributed by atoms with E-state index >= 15 is 0 Å². The lowest BCUT2D eigenvalue weighted by Gasteiger charge is -2.09. The Morgan fingerprint density at radius 3 is 2.86 bits per heavy atom. The van der Waals surface area contributed by atoms with E-state index in [9.17, 15) is 0 Å². The molecule has 114 valence electrons. The second-order valence-corrected chi connectivity index (χ2v) is 5.89. The predicted molar refractivity (Wildman–Crippen MR) is 86.8 cm³/mol. The van der Waals surface area contributed by atoms with E-state index in [-0.39, 0.29) is 0 Å². The molecule has 21 heavy (non-hydrogen) atoms. The highest BCUT2D eigenvalue weighted by molar-refractivity contribution is 7.09. The predicted octanol–water partition coefficient (Wildman–Crippen LogP) is 3.49. The standard InChI is InChI=1S/C16H23N3OS/c1-4-8-17-9-16-19-13(11-21-16)10-20-15-7-6-12(3)18-14(15)5-2/h6-7,11,17H,4-5,8-10H2,1-3H3. The van der Waals surface area contributed by atoms with E-state index < -0.39 is 0 Å². The summed E-state index contributed by atoms with van der Waals surface area (Å²) in [5.74, 6) is 0.863. The first-order chi connectivity index (χ1) is 10.2. The van der Waals surface area contributed by atoms with E-state index in [4.69, 9.17) is 4.74 Å². The Morgan fingerprint density at radius 2 is 2.10 bits per heavy atom. The van der Waals surface area contributed by atoms with Gasteiger partial charge in [0.1, 0.15) is 17.4 Å². The third kappa shape index (κ3) is 4.79. The van der Waals surface area contributed by atoms with Crippen LogP contribution in [0, 0.1) is 6.92 Å². The van der Waals surface area contributed by atoms with Gasteiger partial charge in [0, 0.05) is 17.6 Å². The Balaban J connectivity index is 1.91. The minimum absolute atomic E-state index is 0.502. The summed E-state index contributed by atoms with van der Waals surface area (Å²) in [6, 6.07) is 3.98. The molecular weight excluding hydrogens is 282 g/mol. The van der Waals surface area contributed by atoms with Gasteiger partial charge in [0.15, 0.2) is 0 Å². The number of hydrogen-bond donors (Lipinski definition) is 1. The average molecular weight is 305 g/mol. The quantitative estimate of drug-likeness (QED) is 0.758. The third-order valence-electron chi connectivity index (χ3n) is 3.08. The van der Waals surface area contributed by atoms with Crippen LogP contribution in [-0.4, -0.2) is 16.5 Å². The van der Waals surface area contributed by atoms with Gasteiger partial charge < -0.3 is 10.1 Å². The Labute approximate surface area is 130 Å². The molecule has 0 saturated heterocycles. The van der Waals surface area contributed by atoms with Crippen LogP contribution in [0.5, 0.6) is 5.75 Å². The molecule has 0 aliphatic rings. The van der Waals surface area contributed by atoms with Crippen LogP contribution in [0.4, 0.5) is 0 Å². The van der Waals surface area contributed by atoms with E-state index in [1.54, 1.807) is 11.3 Å². The SMILES string of the molecule is CCCNCc1nc(COc2ccc(C)nc2CC)cs1. The van der Waals surface area contributed by atoms with Gasteiger partial charge in [0.25, 0.3) is 0 Å². The van der Waals surface area contributed by atoms with E-state index in [1.807, 2.05) is 19.1 Å². The summed E-state index contributed by atoms with van der Waals surface area (Å²) in [6.07, 6.45) is 2.02. The third-order valence-corrected chi connectivity index (χ3v) is 3.98. The number of nitrogens with zero attached hydrogens (tertiary/aromatic N) is 2. The largest absolute Gasteiger partial charge is 0.485 e. The Morgan fingerprint density at radius 1 is 1.24 bits per heavy atom. The highest BCUT2D eigenvalue weighted by Gasteiger charge is 2.06. The topological polar surface area (TPSA) is 47.0 Å². The fourth-order valence-corrected chi connectivity index (χ4v) is 2.75. The monoisotopic (exact) mass is 305 g/mol. The zero-order chi connectivity index (χ0) is 15.1. The lowest BCUT2D eigenvalue weighted by molar-refractivity contribution is 0.297. The maximum Gasteiger partial charge on any atom is 0.141 e. The van der Waals surface area contributed by atoms with E-state index in [1.165, 1.54) is 0 Å². The number of rotatable bonds is 8. The van der Waals surface area contributed by atoms with Gasteiger partial charge >= 0.3 is 0 Å². The molecule has 0 aromatic carbocycles. The second-order valence-electron chi connectivity index (χ2n) is 4.95. The smallest absolute Gasteiger partial charge is 0.141 e. The highest BCUT2D eigenvalue weighted by Crippen LogP contribution is 2.19. The molecule has 0 amide bonds. The molecule has 4 nitrogen and oxygen atoms in total. The van der Waals surface area contributed by atoms with Gasteiger partial charge in [0.05, 0.1) is 11.4 Å². The van der Waals surface area contributed by atoms with Gasteiger partial charge in [-0.05, 0) is 38.4 Å². The molecule has 0 atom stereocenters.